The van der Waals surface area contributed by atoms with Crippen LogP contribution < -0.4 is 10.9 Å². The van der Waals surface area contributed by atoms with Gasteiger partial charge in [-0.1, -0.05) is 18.2 Å². The van der Waals surface area contributed by atoms with Crippen LogP contribution in [0.2, 0.25) is 0 Å². The topological polar surface area (TPSA) is 84.7 Å². The van der Waals surface area contributed by atoms with Crippen molar-refractivity contribution in [3.8, 4) is 0 Å². The molecular weight excluding hydrogens is 366 g/mol. The van der Waals surface area contributed by atoms with Crippen molar-refractivity contribution >= 4 is 16.8 Å². The highest BCUT2D eigenvalue weighted by Gasteiger charge is 2.16. The Balaban J connectivity index is 1.52. The standard InChI is InChI=1S/C22H23N5O2/c1-15-7-10-27(11-8-16-13-24-18-6-4-3-5-17(16)18)22(29)20(15)21(28)25-14-19-23-9-12-26(19)2/h3-7,9-10,12-13,24H,8,11,14H2,1-2H3,(H,25,28). The quantitative estimate of drug-likeness (QED) is 0.531. The SMILES string of the molecule is Cc1ccn(CCc2c[nH]c3ccccc23)c(=O)c1C(=O)NCc1nccn1C. The zero-order valence-electron chi connectivity index (χ0n) is 16.5. The second-order valence-electron chi connectivity index (χ2n) is 7.12. The molecule has 0 fully saturated rings. The molecule has 7 heteroatoms. The molecule has 0 aliphatic rings. The van der Waals surface area contributed by atoms with Crippen molar-refractivity contribution in [1.82, 2.24) is 24.4 Å². The van der Waals surface area contributed by atoms with E-state index in [9.17, 15) is 9.59 Å². The molecule has 0 radical (unpaired) electrons. The Morgan fingerprint density at radius 2 is 2.03 bits per heavy atom. The summed E-state index contributed by atoms with van der Waals surface area (Å²) in [6, 6.07) is 9.90. The third-order valence-electron chi connectivity index (χ3n) is 5.23. The molecule has 0 aliphatic carbocycles. The van der Waals surface area contributed by atoms with Crippen molar-refractivity contribution < 1.29 is 4.79 Å². The number of aryl methyl sites for hydroxylation is 4. The van der Waals surface area contributed by atoms with Gasteiger partial charge in [-0.3, -0.25) is 9.59 Å². The van der Waals surface area contributed by atoms with Gasteiger partial charge in [0.1, 0.15) is 11.4 Å². The number of aromatic amines is 1. The summed E-state index contributed by atoms with van der Waals surface area (Å²) >= 11 is 0. The Kier molecular flexibility index (Phi) is 5.03. The molecule has 3 heterocycles. The van der Waals surface area contributed by atoms with Crippen molar-refractivity contribution in [2.24, 2.45) is 7.05 Å². The van der Waals surface area contributed by atoms with Crippen LogP contribution in [0, 0.1) is 6.92 Å². The van der Waals surface area contributed by atoms with E-state index in [-0.39, 0.29) is 23.6 Å². The van der Waals surface area contributed by atoms with Gasteiger partial charge in [0.2, 0.25) is 0 Å². The van der Waals surface area contributed by atoms with Crippen molar-refractivity contribution in [3.63, 3.8) is 0 Å². The number of pyridine rings is 1. The number of fused-ring (bicyclic) bond motifs is 1. The van der Waals surface area contributed by atoms with Gasteiger partial charge in [-0.05, 0) is 36.6 Å². The maximum atomic E-state index is 13.0. The van der Waals surface area contributed by atoms with Gasteiger partial charge in [0.05, 0.1) is 6.54 Å². The average Bonchev–Trinajstić information content (AvgIpc) is 3.32. The lowest BCUT2D eigenvalue weighted by Crippen LogP contribution is -2.34. The molecule has 1 amide bonds. The van der Waals surface area contributed by atoms with E-state index in [2.05, 4.69) is 21.4 Å². The smallest absolute Gasteiger partial charge is 0.263 e. The van der Waals surface area contributed by atoms with Crippen LogP contribution in [0.3, 0.4) is 0 Å². The Morgan fingerprint density at radius 1 is 1.21 bits per heavy atom. The molecule has 0 aliphatic heterocycles. The Bertz CT molecular complexity index is 1230. The van der Waals surface area contributed by atoms with E-state index in [1.54, 1.807) is 23.9 Å². The predicted octanol–water partition coefficient (Wildman–Crippen LogP) is 2.54. The van der Waals surface area contributed by atoms with Gasteiger partial charge in [0.25, 0.3) is 11.5 Å². The van der Waals surface area contributed by atoms with E-state index in [1.165, 1.54) is 0 Å². The van der Waals surface area contributed by atoms with E-state index in [0.717, 1.165) is 22.3 Å². The summed E-state index contributed by atoms with van der Waals surface area (Å²) in [5.41, 5.74) is 2.79. The zero-order chi connectivity index (χ0) is 20.4. The number of amides is 1. The molecule has 0 spiro atoms. The molecule has 7 nitrogen and oxygen atoms in total. The minimum Gasteiger partial charge on any atom is -0.361 e. The average molecular weight is 389 g/mol. The first-order valence-electron chi connectivity index (χ1n) is 9.54. The zero-order valence-corrected chi connectivity index (χ0v) is 16.5. The molecule has 0 atom stereocenters. The number of hydrogen-bond acceptors (Lipinski definition) is 3. The van der Waals surface area contributed by atoms with E-state index in [1.807, 2.05) is 48.3 Å². The van der Waals surface area contributed by atoms with Crippen molar-refractivity contribution in [3.05, 3.63) is 88.0 Å². The molecule has 3 aromatic heterocycles. The van der Waals surface area contributed by atoms with Gasteiger partial charge in [-0.25, -0.2) is 4.98 Å². The van der Waals surface area contributed by atoms with Gasteiger partial charge in [0.15, 0.2) is 0 Å². The molecule has 2 N–H and O–H groups in total. The molecular formula is C22H23N5O2. The largest absolute Gasteiger partial charge is 0.361 e. The fraction of sp³-hybridized carbons (Fsp3) is 0.227. The maximum absolute atomic E-state index is 13.0. The number of rotatable bonds is 6. The molecule has 4 aromatic rings. The lowest BCUT2D eigenvalue weighted by Gasteiger charge is -2.11. The summed E-state index contributed by atoms with van der Waals surface area (Å²) < 4.78 is 3.43. The van der Waals surface area contributed by atoms with Crippen molar-refractivity contribution in [2.45, 2.75) is 26.4 Å². The van der Waals surface area contributed by atoms with Gasteiger partial charge < -0.3 is 19.4 Å². The van der Waals surface area contributed by atoms with Gasteiger partial charge in [-0.2, -0.15) is 0 Å². The fourth-order valence-corrected chi connectivity index (χ4v) is 3.51. The van der Waals surface area contributed by atoms with Gasteiger partial charge in [-0.15, -0.1) is 0 Å². The number of imidazole rings is 1. The number of nitrogens with one attached hydrogen (secondary N) is 2. The maximum Gasteiger partial charge on any atom is 0.263 e. The first kappa shape index (κ1) is 18.7. The van der Waals surface area contributed by atoms with Crippen LogP contribution in [-0.4, -0.2) is 25.0 Å². The fourth-order valence-electron chi connectivity index (χ4n) is 3.51. The van der Waals surface area contributed by atoms with Crippen LogP contribution in [0.4, 0.5) is 0 Å². The minimum absolute atomic E-state index is 0.181. The number of hydrogen-bond donors (Lipinski definition) is 2. The monoisotopic (exact) mass is 389 g/mol. The van der Waals surface area contributed by atoms with Crippen LogP contribution >= 0.6 is 0 Å². The van der Waals surface area contributed by atoms with E-state index >= 15 is 0 Å². The van der Waals surface area contributed by atoms with Crippen LogP contribution in [0.1, 0.15) is 27.3 Å². The second kappa shape index (κ2) is 7.79. The summed E-state index contributed by atoms with van der Waals surface area (Å²) in [6.07, 6.45) is 7.91. The third kappa shape index (κ3) is 3.71. The molecule has 0 bridgehead atoms. The summed E-state index contributed by atoms with van der Waals surface area (Å²) in [7, 11) is 1.86. The van der Waals surface area contributed by atoms with Gasteiger partial charge >= 0.3 is 0 Å². The van der Waals surface area contributed by atoms with Crippen LogP contribution in [0.15, 0.2) is 59.9 Å². The molecule has 0 unspecified atom stereocenters. The number of carbonyl (C=O) groups is 1. The Hall–Kier alpha value is -3.61. The number of benzene rings is 1. The van der Waals surface area contributed by atoms with E-state index in [4.69, 9.17) is 0 Å². The highest BCUT2D eigenvalue weighted by atomic mass is 16.2. The Labute approximate surface area is 168 Å². The lowest BCUT2D eigenvalue weighted by atomic mass is 10.1. The number of para-hydroxylation sites is 1. The van der Waals surface area contributed by atoms with E-state index in [0.29, 0.717) is 18.5 Å². The number of nitrogens with zero attached hydrogens (tertiary/aromatic N) is 3. The lowest BCUT2D eigenvalue weighted by molar-refractivity contribution is 0.0947. The first-order chi connectivity index (χ1) is 14.0. The highest BCUT2D eigenvalue weighted by molar-refractivity contribution is 5.95. The van der Waals surface area contributed by atoms with Crippen molar-refractivity contribution in [1.29, 1.82) is 0 Å². The summed E-state index contributed by atoms with van der Waals surface area (Å²) in [6.45, 7) is 2.55. The first-order valence-corrected chi connectivity index (χ1v) is 9.54. The number of H-pyrrole nitrogens is 1. The van der Waals surface area contributed by atoms with Gasteiger partial charge in [0, 0.05) is 49.3 Å². The summed E-state index contributed by atoms with van der Waals surface area (Å²) in [5.74, 6) is 0.350. The molecule has 148 valence electrons. The molecule has 29 heavy (non-hydrogen) atoms. The molecule has 4 rings (SSSR count). The highest BCUT2D eigenvalue weighted by Crippen LogP contribution is 2.18. The predicted molar refractivity (Wildman–Crippen MR) is 112 cm³/mol. The summed E-state index contributed by atoms with van der Waals surface area (Å²) in [5, 5.41) is 3.96. The van der Waals surface area contributed by atoms with Crippen molar-refractivity contribution in [2.75, 3.05) is 0 Å². The molecule has 0 saturated carbocycles. The summed E-state index contributed by atoms with van der Waals surface area (Å²) in [4.78, 5) is 33.1. The van der Waals surface area contributed by atoms with E-state index < -0.39 is 0 Å². The minimum atomic E-state index is -0.378. The number of carbonyl (C=O) groups excluding carboxylic acids is 1. The van der Waals surface area contributed by atoms with Crippen LogP contribution in [0.5, 0.6) is 0 Å². The molecule has 1 aromatic carbocycles. The third-order valence-corrected chi connectivity index (χ3v) is 5.23. The second-order valence-corrected chi connectivity index (χ2v) is 7.12. The number of aromatic nitrogens is 4. The van der Waals surface area contributed by atoms with Crippen LogP contribution in [0.25, 0.3) is 10.9 Å². The Morgan fingerprint density at radius 3 is 2.83 bits per heavy atom. The molecule has 0 saturated heterocycles. The normalized spacial score (nSPS) is 11.1. The van der Waals surface area contributed by atoms with Crippen LogP contribution in [-0.2, 0) is 26.6 Å².